The van der Waals surface area contributed by atoms with Crippen LogP contribution in [0, 0.1) is 6.92 Å². The number of thiophene rings is 1. The molecule has 0 spiro atoms. The van der Waals surface area contributed by atoms with Crippen LogP contribution in [0.3, 0.4) is 0 Å². The van der Waals surface area contributed by atoms with Crippen molar-refractivity contribution in [1.82, 2.24) is 4.98 Å². The van der Waals surface area contributed by atoms with E-state index in [0.29, 0.717) is 11.6 Å². The zero-order valence-corrected chi connectivity index (χ0v) is 16.0. The van der Waals surface area contributed by atoms with Crippen molar-refractivity contribution in [2.45, 2.75) is 39.5 Å². The second-order valence-electron chi connectivity index (χ2n) is 6.68. The Morgan fingerprint density at radius 2 is 1.88 bits per heavy atom. The topological polar surface area (TPSA) is 48.4 Å². The molecule has 4 rings (SSSR count). The first kappa shape index (κ1) is 17.0. The van der Waals surface area contributed by atoms with Gasteiger partial charge in [0, 0.05) is 22.8 Å². The van der Waals surface area contributed by atoms with Crippen LogP contribution < -0.4 is 9.47 Å². The molecule has 0 amide bonds. The predicted octanol–water partition coefficient (Wildman–Crippen LogP) is 5.08. The van der Waals surface area contributed by atoms with E-state index in [0.717, 1.165) is 34.2 Å². The molecule has 1 aromatic carbocycles. The fourth-order valence-corrected chi connectivity index (χ4v) is 4.89. The lowest BCUT2D eigenvalue weighted by Gasteiger charge is -2.16. The number of ether oxygens (including phenoxy) is 2. The Morgan fingerprint density at radius 3 is 2.58 bits per heavy atom. The Balaban J connectivity index is 2.09. The van der Waals surface area contributed by atoms with Crippen LogP contribution in [0.2, 0.25) is 0 Å². The molecule has 0 saturated carbocycles. The van der Waals surface area contributed by atoms with Gasteiger partial charge >= 0.3 is 5.97 Å². The molecule has 1 aliphatic carbocycles. The number of aromatic nitrogens is 1. The maximum Gasteiger partial charge on any atom is 0.308 e. The molecule has 5 heteroatoms. The van der Waals surface area contributed by atoms with Gasteiger partial charge in [0.2, 0.25) is 5.75 Å². The van der Waals surface area contributed by atoms with Crippen molar-refractivity contribution in [1.29, 1.82) is 0 Å². The number of benzene rings is 1. The SMILES string of the molecule is COc1nc2sc3c(c2c(-c2ccc(C)cc2)c1OC(C)=O)CCCC3. The number of rotatable bonds is 3. The first-order chi connectivity index (χ1) is 12.6. The first-order valence-electron chi connectivity index (χ1n) is 8.86. The maximum absolute atomic E-state index is 11.8. The lowest BCUT2D eigenvalue weighted by molar-refractivity contribution is -0.131. The monoisotopic (exact) mass is 367 g/mol. The van der Waals surface area contributed by atoms with E-state index in [-0.39, 0.29) is 5.97 Å². The van der Waals surface area contributed by atoms with Crippen LogP contribution in [-0.2, 0) is 17.6 Å². The molecule has 0 bridgehead atoms. The molecule has 0 saturated heterocycles. The molecule has 2 aromatic heterocycles. The van der Waals surface area contributed by atoms with Gasteiger partial charge in [-0.3, -0.25) is 4.79 Å². The zero-order valence-electron chi connectivity index (χ0n) is 15.2. The van der Waals surface area contributed by atoms with Crippen molar-refractivity contribution < 1.29 is 14.3 Å². The van der Waals surface area contributed by atoms with E-state index in [1.807, 2.05) is 0 Å². The number of pyridine rings is 1. The summed E-state index contributed by atoms with van der Waals surface area (Å²) < 4.78 is 11.1. The van der Waals surface area contributed by atoms with E-state index in [1.165, 1.54) is 35.8 Å². The summed E-state index contributed by atoms with van der Waals surface area (Å²) in [5.41, 5.74) is 4.48. The van der Waals surface area contributed by atoms with Gasteiger partial charge in [-0.15, -0.1) is 11.3 Å². The van der Waals surface area contributed by atoms with Crippen LogP contribution in [0.1, 0.15) is 35.8 Å². The highest BCUT2D eigenvalue weighted by Gasteiger charge is 2.26. The van der Waals surface area contributed by atoms with Crippen LogP contribution in [0.5, 0.6) is 11.6 Å². The van der Waals surface area contributed by atoms with Crippen molar-refractivity contribution in [3.05, 3.63) is 40.3 Å². The Labute approximate surface area is 156 Å². The van der Waals surface area contributed by atoms with Gasteiger partial charge in [-0.2, -0.15) is 4.98 Å². The second-order valence-corrected chi connectivity index (χ2v) is 7.76. The van der Waals surface area contributed by atoms with Gasteiger partial charge in [0.1, 0.15) is 4.83 Å². The molecule has 0 fully saturated rings. The highest BCUT2D eigenvalue weighted by atomic mass is 32.1. The minimum Gasteiger partial charge on any atom is -0.478 e. The molecule has 2 heterocycles. The molecule has 26 heavy (non-hydrogen) atoms. The minimum atomic E-state index is -0.373. The molecule has 4 nitrogen and oxygen atoms in total. The number of nitrogens with zero attached hydrogens (tertiary/aromatic N) is 1. The average Bonchev–Trinajstić information content (AvgIpc) is 3.00. The van der Waals surface area contributed by atoms with Crippen molar-refractivity contribution in [3.8, 4) is 22.8 Å². The molecule has 0 unspecified atom stereocenters. The lowest BCUT2D eigenvalue weighted by atomic mass is 9.92. The van der Waals surface area contributed by atoms with Gasteiger partial charge in [0.05, 0.1) is 7.11 Å². The summed E-state index contributed by atoms with van der Waals surface area (Å²) in [5, 5.41) is 1.12. The largest absolute Gasteiger partial charge is 0.478 e. The van der Waals surface area contributed by atoms with Crippen molar-refractivity contribution >= 4 is 27.5 Å². The third-order valence-electron chi connectivity index (χ3n) is 4.81. The number of hydrogen-bond acceptors (Lipinski definition) is 5. The van der Waals surface area contributed by atoms with Gasteiger partial charge in [-0.05, 0) is 43.7 Å². The van der Waals surface area contributed by atoms with Crippen LogP contribution in [0.15, 0.2) is 24.3 Å². The third-order valence-corrected chi connectivity index (χ3v) is 5.99. The molecule has 0 radical (unpaired) electrons. The zero-order chi connectivity index (χ0) is 18.3. The molecule has 0 N–H and O–H groups in total. The Hall–Kier alpha value is -2.40. The summed E-state index contributed by atoms with van der Waals surface area (Å²) in [7, 11) is 1.56. The number of aryl methyl sites for hydroxylation is 3. The van der Waals surface area contributed by atoms with E-state index in [2.05, 4.69) is 36.2 Å². The lowest BCUT2D eigenvalue weighted by Crippen LogP contribution is -2.06. The summed E-state index contributed by atoms with van der Waals surface area (Å²) in [4.78, 5) is 18.8. The predicted molar refractivity (Wildman–Crippen MR) is 104 cm³/mol. The van der Waals surface area contributed by atoms with E-state index in [4.69, 9.17) is 9.47 Å². The van der Waals surface area contributed by atoms with E-state index < -0.39 is 0 Å². The molecule has 0 atom stereocenters. The van der Waals surface area contributed by atoms with Gasteiger partial charge < -0.3 is 9.47 Å². The Morgan fingerprint density at radius 1 is 1.15 bits per heavy atom. The van der Waals surface area contributed by atoms with E-state index >= 15 is 0 Å². The number of carbonyl (C=O) groups excluding carboxylic acids is 1. The first-order valence-corrected chi connectivity index (χ1v) is 9.68. The average molecular weight is 367 g/mol. The van der Waals surface area contributed by atoms with Crippen LogP contribution in [-0.4, -0.2) is 18.1 Å². The smallest absolute Gasteiger partial charge is 0.308 e. The van der Waals surface area contributed by atoms with Gasteiger partial charge in [-0.25, -0.2) is 0 Å². The quantitative estimate of drug-likeness (QED) is 0.605. The fraction of sp³-hybridized carbons (Fsp3) is 0.333. The van der Waals surface area contributed by atoms with Crippen LogP contribution in [0.4, 0.5) is 0 Å². The third kappa shape index (κ3) is 2.86. The summed E-state index contributed by atoms with van der Waals surface area (Å²) in [6.45, 7) is 3.47. The minimum absolute atomic E-state index is 0.363. The Bertz CT molecular complexity index is 989. The second kappa shape index (κ2) is 6.72. The molecule has 3 aromatic rings. The highest BCUT2D eigenvalue weighted by Crippen LogP contribution is 2.48. The number of fused-ring (bicyclic) bond motifs is 3. The fourth-order valence-electron chi connectivity index (χ4n) is 3.62. The number of methoxy groups -OCH3 is 1. The van der Waals surface area contributed by atoms with E-state index in [9.17, 15) is 4.79 Å². The molecule has 1 aliphatic rings. The van der Waals surface area contributed by atoms with Crippen LogP contribution >= 0.6 is 11.3 Å². The van der Waals surface area contributed by atoms with Crippen molar-refractivity contribution in [2.24, 2.45) is 0 Å². The van der Waals surface area contributed by atoms with Gasteiger partial charge in [0.15, 0.2) is 0 Å². The highest BCUT2D eigenvalue weighted by molar-refractivity contribution is 7.19. The van der Waals surface area contributed by atoms with Crippen molar-refractivity contribution in [2.75, 3.05) is 7.11 Å². The van der Waals surface area contributed by atoms with Gasteiger partial charge in [0.25, 0.3) is 5.88 Å². The molecular weight excluding hydrogens is 346 g/mol. The molecule has 134 valence electrons. The number of hydrogen-bond donors (Lipinski definition) is 0. The molecular formula is C21H21NO3S. The van der Waals surface area contributed by atoms with Gasteiger partial charge in [-0.1, -0.05) is 29.8 Å². The summed E-state index contributed by atoms with van der Waals surface area (Å²) >= 11 is 1.74. The standard InChI is InChI=1S/C21H21NO3S/c1-12-8-10-14(11-9-12)17-18-15-6-4-5-7-16(15)26-21(18)22-20(24-3)19(17)25-13(2)23/h8-11H,4-7H2,1-3H3. The molecule has 0 aliphatic heterocycles. The number of carbonyl (C=O) groups is 1. The van der Waals surface area contributed by atoms with Crippen molar-refractivity contribution in [3.63, 3.8) is 0 Å². The number of esters is 1. The maximum atomic E-state index is 11.8. The summed E-state index contributed by atoms with van der Waals surface area (Å²) in [6.07, 6.45) is 4.53. The summed E-state index contributed by atoms with van der Waals surface area (Å²) in [6, 6.07) is 8.29. The van der Waals surface area contributed by atoms with E-state index in [1.54, 1.807) is 18.4 Å². The summed E-state index contributed by atoms with van der Waals surface area (Å²) in [5.74, 6) is 0.409. The normalized spacial score (nSPS) is 13.5. The Kier molecular flexibility index (Phi) is 4.41. The van der Waals surface area contributed by atoms with Crippen LogP contribution in [0.25, 0.3) is 21.3 Å².